The first kappa shape index (κ1) is 13.6. The molecule has 0 radical (unpaired) electrons. The number of aromatic nitrogens is 3. The molecule has 0 aliphatic rings. The minimum Gasteiger partial charge on any atom is -0.306 e. The molecule has 0 saturated carbocycles. The van der Waals surface area contributed by atoms with E-state index in [1.807, 2.05) is 35.0 Å². The second-order valence-corrected chi connectivity index (χ2v) is 5.17. The van der Waals surface area contributed by atoms with E-state index in [-0.39, 0.29) is 0 Å². The van der Waals surface area contributed by atoms with Gasteiger partial charge in [-0.05, 0) is 42.5 Å². The first-order valence-electron chi connectivity index (χ1n) is 7.05. The highest BCUT2D eigenvalue weighted by Crippen LogP contribution is 2.24. The zero-order chi connectivity index (χ0) is 15.8. The maximum atomic E-state index is 13.4. The molecule has 0 fully saturated rings. The number of imidazole rings is 1. The predicted octanol–water partition coefficient (Wildman–Crippen LogP) is 4.37. The summed E-state index contributed by atoms with van der Waals surface area (Å²) in [4.78, 5) is 8.55. The lowest BCUT2D eigenvalue weighted by atomic mass is 10.1. The van der Waals surface area contributed by atoms with Gasteiger partial charge in [0, 0.05) is 29.0 Å². The number of rotatable bonds is 2. The van der Waals surface area contributed by atoms with Gasteiger partial charge in [0.25, 0.3) is 0 Å². The van der Waals surface area contributed by atoms with Crippen LogP contribution in [0.3, 0.4) is 0 Å². The summed E-state index contributed by atoms with van der Waals surface area (Å²) < 4.78 is 28.3. The number of hydrogen-bond donors (Lipinski definition) is 0. The van der Waals surface area contributed by atoms with Crippen molar-refractivity contribution in [2.75, 3.05) is 0 Å². The zero-order valence-corrected chi connectivity index (χ0v) is 11.9. The van der Waals surface area contributed by atoms with Crippen LogP contribution in [-0.4, -0.2) is 14.5 Å². The van der Waals surface area contributed by atoms with E-state index in [9.17, 15) is 8.78 Å². The quantitative estimate of drug-likeness (QED) is 0.550. The summed E-state index contributed by atoms with van der Waals surface area (Å²) in [5, 5.41) is 0.961. The third-order valence-electron chi connectivity index (χ3n) is 3.69. The van der Waals surface area contributed by atoms with Crippen molar-refractivity contribution in [3.8, 4) is 16.9 Å². The third-order valence-corrected chi connectivity index (χ3v) is 3.69. The van der Waals surface area contributed by atoms with Crippen LogP contribution in [0.2, 0.25) is 0 Å². The van der Waals surface area contributed by atoms with Crippen LogP contribution in [0.25, 0.3) is 27.8 Å². The van der Waals surface area contributed by atoms with E-state index < -0.39 is 11.6 Å². The maximum absolute atomic E-state index is 13.4. The van der Waals surface area contributed by atoms with Gasteiger partial charge in [0.05, 0.1) is 17.5 Å². The molecule has 0 saturated heterocycles. The fourth-order valence-corrected chi connectivity index (χ4v) is 2.50. The fraction of sp³-hybridized carbons (Fsp3) is 0. The van der Waals surface area contributed by atoms with E-state index in [1.54, 1.807) is 18.6 Å². The highest BCUT2D eigenvalue weighted by atomic mass is 19.2. The van der Waals surface area contributed by atoms with Crippen molar-refractivity contribution >= 4 is 10.9 Å². The fourth-order valence-electron chi connectivity index (χ4n) is 2.50. The maximum Gasteiger partial charge on any atom is 0.159 e. The van der Waals surface area contributed by atoms with Gasteiger partial charge in [-0.15, -0.1) is 0 Å². The molecule has 0 aliphatic heterocycles. The standard InChI is InChI=1S/C18H11F2N3/c19-15-4-1-13(10-16(15)20)17-5-2-12-9-14(3-6-18(12)22-17)23-8-7-21-11-23/h1-11H. The summed E-state index contributed by atoms with van der Waals surface area (Å²) in [5.41, 5.74) is 2.92. The summed E-state index contributed by atoms with van der Waals surface area (Å²) in [6.07, 6.45) is 5.31. The molecule has 0 aliphatic carbocycles. The Morgan fingerprint density at radius 1 is 0.870 bits per heavy atom. The molecule has 5 heteroatoms. The van der Waals surface area contributed by atoms with Crippen LogP contribution in [-0.2, 0) is 0 Å². The van der Waals surface area contributed by atoms with Crippen molar-refractivity contribution < 1.29 is 8.78 Å². The SMILES string of the molecule is Fc1ccc(-c2ccc3cc(-n4ccnc4)ccc3n2)cc1F. The Labute approximate surface area is 130 Å². The average Bonchev–Trinajstić information content (AvgIpc) is 3.11. The van der Waals surface area contributed by atoms with E-state index in [0.29, 0.717) is 11.3 Å². The Bertz CT molecular complexity index is 995. The van der Waals surface area contributed by atoms with Crippen LogP contribution in [0.5, 0.6) is 0 Å². The van der Waals surface area contributed by atoms with Crippen molar-refractivity contribution in [2.24, 2.45) is 0 Å². The first-order valence-corrected chi connectivity index (χ1v) is 7.05. The van der Waals surface area contributed by atoms with Crippen molar-refractivity contribution in [1.82, 2.24) is 14.5 Å². The molecule has 4 rings (SSSR count). The van der Waals surface area contributed by atoms with Crippen LogP contribution in [0.1, 0.15) is 0 Å². The van der Waals surface area contributed by atoms with E-state index in [4.69, 9.17) is 0 Å². The topological polar surface area (TPSA) is 30.7 Å². The van der Waals surface area contributed by atoms with E-state index in [2.05, 4.69) is 9.97 Å². The highest BCUT2D eigenvalue weighted by molar-refractivity contribution is 5.83. The smallest absolute Gasteiger partial charge is 0.159 e. The molecule has 0 N–H and O–H groups in total. The summed E-state index contributed by atoms with van der Waals surface area (Å²) in [6, 6.07) is 13.3. The molecule has 0 spiro atoms. The van der Waals surface area contributed by atoms with Gasteiger partial charge < -0.3 is 4.57 Å². The number of fused-ring (bicyclic) bond motifs is 1. The van der Waals surface area contributed by atoms with Gasteiger partial charge in [-0.3, -0.25) is 0 Å². The molecule has 23 heavy (non-hydrogen) atoms. The van der Waals surface area contributed by atoms with E-state index >= 15 is 0 Å². The molecular weight excluding hydrogens is 296 g/mol. The van der Waals surface area contributed by atoms with Crippen LogP contribution >= 0.6 is 0 Å². The van der Waals surface area contributed by atoms with Crippen molar-refractivity contribution in [2.45, 2.75) is 0 Å². The number of pyridine rings is 1. The van der Waals surface area contributed by atoms with Crippen LogP contribution < -0.4 is 0 Å². The molecule has 0 bridgehead atoms. The second-order valence-electron chi connectivity index (χ2n) is 5.17. The Hall–Kier alpha value is -3.08. The van der Waals surface area contributed by atoms with Crippen LogP contribution in [0, 0.1) is 11.6 Å². The minimum atomic E-state index is -0.875. The molecule has 2 aromatic heterocycles. The molecule has 0 amide bonds. The monoisotopic (exact) mass is 307 g/mol. The van der Waals surface area contributed by atoms with Gasteiger partial charge in [0.2, 0.25) is 0 Å². The first-order chi connectivity index (χ1) is 11.2. The normalized spacial score (nSPS) is 11.0. The average molecular weight is 307 g/mol. The van der Waals surface area contributed by atoms with Gasteiger partial charge in [0.1, 0.15) is 0 Å². The molecule has 0 unspecified atom stereocenters. The lowest BCUT2D eigenvalue weighted by molar-refractivity contribution is 0.509. The largest absolute Gasteiger partial charge is 0.306 e. The van der Waals surface area contributed by atoms with Crippen LogP contribution in [0.4, 0.5) is 8.78 Å². The zero-order valence-electron chi connectivity index (χ0n) is 11.9. The van der Waals surface area contributed by atoms with Crippen molar-refractivity contribution in [3.63, 3.8) is 0 Å². The van der Waals surface area contributed by atoms with Crippen molar-refractivity contribution in [3.05, 3.63) is 78.9 Å². The molecule has 2 heterocycles. The Morgan fingerprint density at radius 2 is 1.78 bits per heavy atom. The lowest BCUT2D eigenvalue weighted by Gasteiger charge is -2.07. The Morgan fingerprint density at radius 3 is 2.57 bits per heavy atom. The second kappa shape index (κ2) is 5.28. The number of hydrogen-bond acceptors (Lipinski definition) is 2. The van der Waals surface area contributed by atoms with Crippen LogP contribution in [0.15, 0.2) is 67.3 Å². The predicted molar refractivity (Wildman–Crippen MR) is 84.2 cm³/mol. The lowest BCUT2D eigenvalue weighted by Crippen LogP contribution is -1.92. The number of halogens is 2. The van der Waals surface area contributed by atoms with Crippen molar-refractivity contribution in [1.29, 1.82) is 0 Å². The summed E-state index contributed by atoms with van der Waals surface area (Å²) >= 11 is 0. The van der Waals surface area contributed by atoms with Gasteiger partial charge in [-0.2, -0.15) is 0 Å². The molecule has 3 nitrogen and oxygen atoms in total. The third kappa shape index (κ3) is 2.46. The van der Waals surface area contributed by atoms with Gasteiger partial charge >= 0.3 is 0 Å². The number of benzene rings is 2. The van der Waals surface area contributed by atoms with E-state index in [1.165, 1.54) is 6.07 Å². The highest BCUT2D eigenvalue weighted by Gasteiger charge is 2.07. The van der Waals surface area contributed by atoms with E-state index in [0.717, 1.165) is 28.7 Å². The molecule has 2 aromatic carbocycles. The molecule has 0 atom stereocenters. The summed E-state index contributed by atoms with van der Waals surface area (Å²) in [5.74, 6) is -1.74. The van der Waals surface area contributed by atoms with Gasteiger partial charge in [-0.25, -0.2) is 18.7 Å². The molecule has 4 aromatic rings. The van der Waals surface area contributed by atoms with Gasteiger partial charge in [-0.1, -0.05) is 6.07 Å². The molecule has 112 valence electrons. The number of nitrogens with zero attached hydrogens (tertiary/aromatic N) is 3. The minimum absolute atomic E-state index is 0.546. The molecular formula is C18H11F2N3. The Balaban J connectivity index is 1.79. The summed E-state index contributed by atoms with van der Waals surface area (Å²) in [6.45, 7) is 0. The Kier molecular flexibility index (Phi) is 3.12. The van der Waals surface area contributed by atoms with Gasteiger partial charge in [0.15, 0.2) is 11.6 Å². The summed E-state index contributed by atoms with van der Waals surface area (Å²) in [7, 11) is 0.